The van der Waals surface area contributed by atoms with Gasteiger partial charge in [-0.1, -0.05) is 19.8 Å². The molecule has 7 heteroatoms. The Morgan fingerprint density at radius 3 is 2.90 bits per heavy atom. The van der Waals surface area contributed by atoms with Gasteiger partial charge in [0.1, 0.15) is 23.5 Å². The van der Waals surface area contributed by atoms with E-state index in [9.17, 15) is 5.11 Å². The maximum atomic E-state index is 10.5. The Kier molecular flexibility index (Phi) is 3.08. The predicted molar refractivity (Wildman–Crippen MR) is 76.9 cm³/mol. The number of aromatic nitrogens is 4. The molecule has 2 unspecified atom stereocenters. The van der Waals surface area contributed by atoms with Gasteiger partial charge >= 0.3 is 0 Å². The molecule has 1 aliphatic heterocycles. The molecule has 1 aliphatic rings. The van der Waals surface area contributed by atoms with Crippen LogP contribution in [0.5, 0.6) is 0 Å². The normalized spacial score (nSPS) is 32.4. The molecule has 0 spiro atoms. The van der Waals surface area contributed by atoms with Gasteiger partial charge in [-0.2, -0.15) is 0 Å². The van der Waals surface area contributed by atoms with Gasteiger partial charge in [0.2, 0.25) is 0 Å². The monoisotopic (exact) mass is 287 g/mol. The van der Waals surface area contributed by atoms with Gasteiger partial charge in [-0.25, -0.2) is 15.0 Å². The molecule has 110 valence electrons. The first-order valence-corrected chi connectivity index (χ1v) is 6.80. The van der Waals surface area contributed by atoms with Gasteiger partial charge in [0, 0.05) is 5.92 Å². The van der Waals surface area contributed by atoms with Crippen molar-refractivity contribution in [3.8, 4) is 12.3 Å². The van der Waals surface area contributed by atoms with E-state index >= 15 is 0 Å². The Bertz CT molecular complexity index is 722. The third kappa shape index (κ3) is 1.80. The van der Waals surface area contributed by atoms with Crippen LogP contribution in [0.25, 0.3) is 11.2 Å². The number of nitrogen functional groups attached to an aromatic ring is 1. The van der Waals surface area contributed by atoms with E-state index in [0.29, 0.717) is 17.6 Å². The number of hydrogen-bond donors (Lipinski definition) is 2. The van der Waals surface area contributed by atoms with Crippen molar-refractivity contribution in [1.29, 1.82) is 0 Å². The zero-order valence-corrected chi connectivity index (χ0v) is 11.9. The van der Waals surface area contributed by atoms with Crippen LogP contribution in [0.1, 0.15) is 26.5 Å². The zero-order chi connectivity index (χ0) is 15.2. The Morgan fingerprint density at radius 2 is 2.29 bits per heavy atom. The molecule has 2 aromatic heterocycles. The Morgan fingerprint density at radius 1 is 1.52 bits per heavy atom. The third-order valence-electron chi connectivity index (χ3n) is 4.30. The summed E-state index contributed by atoms with van der Waals surface area (Å²) in [6, 6.07) is 0. The highest BCUT2D eigenvalue weighted by Crippen LogP contribution is 2.43. The largest absolute Gasteiger partial charge is 0.388 e. The van der Waals surface area contributed by atoms with Crippen LogP contribution < -0.4 is 5.73 Å². The van der Waals surface area contributed by atoms with Crippen molar-refractivity contribution in [2.75, 3.05) is 5.73 Å². The number of hydrogen-bond acceptors (Lipinski definition) is 6. The number of rotatable bonds is 2. The molecule has 0 amide bonds. The lowest BCUT2D eigenvalue weighted by Gasteiger charge is -2.25. The van der Waals surface area contributed by atoms with Gasteiger partial charge in [0.25, 0.3) is 0 Å². The highest BCUT2D eigenvalue weighted by Gasteiger charge is 2.51. The average Bonchev–Trinajstić information content (AvgIpc) is 3.02. The number of imidazole rings is 1. The standard InChI is InChI=1S/C14H17N5O2/c1-4-14(5-2)8(3)10(20)13(21-14)19-7-18-9-11(15)16-6-17-12(9)19/h1,6-8,10,13,20H,5H2,2-3H3,(H2,15,16,17)/t8?,10?,13-,14-/m1/s1. The van der Waals surface area contributed by atoms with Crippen LogP contribution in [0.2, 0.25) is 0 Å². The zero-order valence-electron chi connectivity index (χ0n) is 11.9. The van der Waals surface area contributed by atoms with E-state index in [4.69, 9.17) is 16.9 Å². The minimum atomic E-state index is -0.792. The molecule has 0 aliphatic carbocycles. The third-order valence-corrected chi connectivity index (χ3v) is 4.30. The molecule has 4 atom stereocenters. The van der Waals surface area contributed by atoms with Crippen molar-refractivity contribution in [1.82, 2.24) is 19.5 Å². The van der Waals surface area contributed by atoms with Crippen LogP contribution in [-0.4, -0.2) is 36.3 Å². The molecule has 3 heterocycles. The quantitative estimate of drug-likeness (QED) is 0.789. The van der Waals surface area contributed by atoms with Crippen molar-refractivity contribution in [3.63, 3.8) is 0 Å². The molecule has 2 aromatic rings. The Balaban J connectivity index is 2.08. The Hall–Kier alpha value is -2.17. The minimum absolute atomic E-state index is 0.200. The molecule has 0 radical (unpaired) electrons. The molecule has 1 fully saturated rings. The highest BCUT2D eigenvalue weighted by atomic mass is 16.5. The molecule has 0 saturated carbocycles. The van der Waals surface area contributed by atoms with Crippen molar-refractivity contribution >= 4 is 17.0 Å². The summed E-state index contributed by atoms with van der Waals surface area (Å²) in [5.74, 6) is 2.78. The molecule has 7 nitrogen and oxygen atoms in total. The lowest BCUT2D eigenvalue weighted by atomic mass is 9.85. The van der Waals surface area contributed by atoms with Crippen LogP contribution in [0.4, 0.5) is 5.82 Å². The van der Waals surface area contributed by atoms with E-state index in [1.54, 1.807) is 10.9 Å². The number of nitrogens with zero attached hydrogens (tertiary/aromatic N) is 4. The second kappa shape index (κ2) is 4.69. The average molecular weight is 287 g/mol. The number of anilines is 1. The van der Waals surface area contributed by atoms with Gasteiger partial charge in [-0.05, 0) is 6.42 Å². The maximum Gasteiger partial charge on any atom is 0.167 e. The van der Waals surface area contributed by atoms with Gasteiger partial charge in [-0.3, -0.25) is 4.57 Å². The summed E-state index contributed by atoms with van der Waals surface area (Å²) in [5.41, 5.74) is 5.98. The summed E-state index contributed by atoms with van der Waals surface area (Å²) in [6.45, 7) is 3.83. The summed E-state index contributed by atoms with van der Waals surface area (Å²) in [4.78, 5) is 12.3. The minimum Gasteiger partial charge on any atom is -0.388 e. The van der Waals surface area contributed by atoms with Crippen LogP contribution in [0, 0.1) is 18.3 Å². The molecular formula is C14H17N5O2. The fraction of sp³-hybridized carbons (Fsp3) is 0.500. The van der Waals surface area contributed by atoms with Crippen molar-refractivity contribution in [3.05, 3.63) is 12.7 Å². The first-order valence-electron chi connectivity index (χ1n) is 6.80. The van der Waals surface area contributed by atoms with Crippen molar-refractivity contribution in [2.24, 2.45) is 5.92 Å². The van der Waals surface area contributed by atoms with E-state index in [-0.39, 0.29) is 11.7 Å². The molecular weight excluding hydrogens is 270 g/mol. The van der Waals surface area contributed by atoms with Crippen LogP contribution in [0.15, 0.2) is 12.7 Å². The molecule has 0 bridgehead atoms. The van der Waals surface area contributed by atoms with Crippen molar-refractivity contribution < 1.29 is 9.84 Å². The number of fused-ring (bicyclic) bond motifs is 1. The molecule has 1 saturated heterocycles. The predicted octanol–water partition coefficient (Wildman–Crippen LogP) is 0.716. The van der Waals surface area contributed by atoms with Crippen LogP contribution >= 0.6 is 0 Å². The van der Waals surface area contributed by atoms with Crippen LogP contribution in [0.3, 0.4) is 0 Å². The van der Waals surface area contributed by atoms with E-state index < -0.39 is 17.9 Å². The highest BCUT2D eigenvalue weighted by molar-refractivity contribution is 5.81. The van der Waals surface area contributed by atoms with E-state index in [2.05, 4.69) is 20.9 Å². The molecule has 21 heavy (non-hydrogen) atoms. The fourth-order valence-corrected chi connectivity index (χ4v) is 2.87. The number of aliphatic hydroxyl groups is 1. The molecule has 3 N–H and O–H groups in total. The summed E-state index contributed by atoms with van der Waals surface area (Å²) in [6.07, 6.45) is 7.74. The maximum absolute atomic E-state index is 10.5. The molecule has 0 aromatic carbocycles. The molecule has 3 rings (SSSR count). The lowest BCUT2D eigenvalue weighted by molar-refractivity contribution is -0.0636. The van der Waals surface area contributed by atoms with E-state index in [1.165, 1.54) is 6.33 Å². The number of ether oxygens (including phenoxy) is 1. The van der Waals surface area contributed by atoms with Gasteiger partial charge in [-0.15, -0.1) is 6.42 Å². The second-order valence-electron chi connectivity index (χ2n) is 5.26. The van der Waals surface area contributed by atoms with Crippen LogP contribution in [-0.2, 0) is 4.74 Å². The van der Waals surface area contributed by atoms with Gasteiger partial charge in [0.15, 0.2) is 17.7 Å². The summed E-state index contributed by atoms with van der Waals surface area (Å²) in [5, 5.41) is 10.5. The lowest BCUT2D eigenvalue weighted by Crippen LogP contribution is -2.34. The first-order chi connectivity index (χ1) is 10.0. The Labute approximate surface area is 122 Å². The first kappa shape index (κ1) is 13.8. The number of terminal acetylenes is 1. The van der Waals surface area contributed by atoms with E-state index in [1.807, 2.05) is 13.8 Å². The smallest absolute Gasteiger partial charge is 0.167 e. The SMILES string of the molecule is C#C[C@]1(CC)O[C@@H](n2cnc3c(N)ncnc32)C(O)C1C. The topological polar surface area (TPSA) is 99.1 Å². The van der Waals surface area contributed by atoms with Gasteiger partial charge < -0.3 is 15.6 Å². The summed E-state index contributed by atoms with van der Waals surface area (Å²) < 4.78 is 7.66. The van der Waals surface area contributed by atoms with Gasteiger partial charge in [0.05, 0.1) is 6.33 Å². The second-order valence-corrected chi connectivity index (χ2v) is 5.26. The summed E-state index contributed by atoms with van der Waals surface area (Å²) >= 11 is 0. The summed E-state index contributed by atoms with van der Waals surface area (Å²) in [7, 11) is 0. The van der Waals surface area contributed by atoms with Crippen molar-refractivity contribution in [2.45, 2.75) is 38.2 Å². The number of aliphatic hydroxyl groups excluding tert-OH is 1. The fourth-order valence-electron chi connectivity index (χ4n) is 2.87. The van der Waals surface area contributed by atoms with E-state index in [0.717, 1.165) is 0 Å². The number of nitrogens with two attached hydrogens (primary N) is 1.